The number of rotatable bonds is 15. The Labute approximate surface area is 139 Å². The van der Waals surface area contributed by atoms with Gasteiger partial charge in [0.05, 0.1) is 0 Å². The summed E-state index contributed by atoms with van der Waals surface area (Å²) in [5.41, 5.74) is 0. The first-order chi connectivity index (χ1) is 10.6. The van der Waals surface area contributed by atoms with Crippen LogP contribution in [0.3, 0.4) is 0 Å². The molecule has 0 unspecified atom stereocenters. The smallest absolute Gasteiger partial charge is 0.326 e. The van der Waals surface area contributed by atoms with Gasteiger partial charge in [-0.3, -0.25) is 4.79 Å². The summed E-state index contributed by atoms with van der Waals surface area (Å²) in [4.78, 5) is 22.8. The maximum absolute atomic E-state index is 11.7. The van der Waals surface area contributed by atoms with Crippen LogP contribution in [0.15, 0.2) is 0 Å². The molecule has 0 saturated heterocycles. The van der Waals surface area contributed by atoms with Crippen LogP contribution in [0.2, 0.25) is 0 Å². The topological polar surface area (TPSA) is 66.4 Å². The molecule has 0 radical (unpaired) electrons. The third-order valence-electron chi connectivity index (χ3n) is 3.75. The van der Waals surface area contributed by atoms with Crippen molar-refractivity contribution in [2.75, 3.05) is 12.0 Å². The largest absolute Gasteiger partial charge is 0.480 e. The maximum Gasteiger partial charge on any atom is 0.326 e. The zero-order valence-corrected chi connectivity index (χ0v) is 15.1. The molecular weight excluding hydrogens is 298 g/mol. The van der Waals surface area contributed by atoms with Crippen molar-refractivity contribution >= 4 is 23.6 Å². The van der Waals surface area contributed by atoms with Crippen LogP contribution in [-0.4, -0.2) is 35.0 Å². The SMILES string of the molecule is CCCCCCCCCCCC(=O)N[C@H](CCSC)C(=O)O. The molecule has 0 aliphatic rings. The molecule has 22 heavy (non-hydrogen) atoms. The summed E-state index contributed by atoms with van der Waals surface area (Å²) in [5.74, 6) is -0.319. The van der Waals surface area contributed by atoms with Crippen molar-refractivity contribution in [3.05, 3.63) is 0 Å². The number of carboxylic acids is 1. The van der Waals surface area contributed by atoms with Gasteiger partial charge < -0.3 is 10.4 Å². The minimum Gasteiger partial charge on any atom is -0.480 e. The van der Waals surface area contributed by atoms with E-state index in [1.165, 1.54) is 44.9 Å². The van der Waals surface area contributed by atoms with Gasteiger partial charge in [0.15, 0.2) is 0 Å². The lowest BCUT2D eigenvalue weighted by Gasteiger charge is -2.13. The minimum atomic E-state index is -0.936. The average Bonchev–Trinajstić information content (AvgIpc) is 2.49. The highest BCUT2D eigenvalue weighted by Crippen LogP contribution is 2.10. The highest BCUT2D eigenvalue weighted by molar-refractivity contribution is 7.98. The summed E-state index contributed by atoms with van der Waals surface area (Å²) in [5, 5.41) is 11.7. The summed E-state index contributed by atoms with van der Waals surface area (Å²) < 4.78 is 0. The Morgan fingerprint density at radius 3 is 2.05 bits per heavy atom. The lowest BCUT2D eigenvalue weighted by Crippen LogP contribution is -2.41. The van der Waals surface area contributed by atoms with Crippen molar-refractivity contribution in [2.45, 2.75) is 83.6 Å². The molecule has 0 aliphatic carbocycles. The molecule has 0 aromatic rings. The molecule has 0 saturated carbocycles. The van der Waals surface area contributed by atoms with E-state index in [0.717, 1.165) is 18.6 Å². The Morgan fingerprint density at radius 2 is 1.55 bits per heavy atom. The maximum atomic E-state index is 11.7. The van der Waals surface area contributed by atoms with E-state index in [4.69, 9.17) is 5.11 Å². The first-order valence-corrected chi connectivity index (χ1v) is 10.0. The molecule has 1 amide bonds. The van der Waals surface area contributed by atoms with E-state index in [9.17, 15) is 9.59 Å². The Morgan fingerprint density at radius 1 is 1.00 bits per heavy atom. The number of hydrogen-bond donors (Lipinski definition) is 2. The summed E-state index contributed by atoms with van der Waals surface area (Å²) in [7, 11) is 0. The molecule has 130 valence electrons. The number of aliphatic carboxylic acids is 1. The average molecular weight is 332 g/mol. The van der Waals surface area contributed by atoms with Gasteiger partial charge in [0.25, 0.3) is 0 Å². The Kier molecular flexibility index (Phi) is 14.7. The minimum absolute atomic E-state index is 0.128. The normalized spacial score (nSPS) is 12.1. The number of thioether (sulfide) groups is 1. The number of carbonyl (C=O) groups is 2. The van der Waals surface area contributed by atoms with Gasteiger partial charge >= 0.3 is 5.97 Å². The van der Waals surface area contributed by atoms with Crippen molar-refractivity contribution < 1.29 is 14.7 Å². The van der Waals surface area contributed by atoms with E-state index in [1.807, 2.05) is 6.26 Å². The third-order valence-corrected chi connectivity index (χ3v) is 4.40. The van der Waals surface area contributed by atoms with E-state index >= 15 is 0 Å². The van der Waals surface area contributed by atoms with Gasteiger partial charge in [0, 0.05) is 6.42 Å². The van der Waals surface area contributed by atoms with Crippen molar-refractivity contribution in [1.82, 2.24) is 5.32 Å². The van der Waals surface area contributed by atoms with Crippen molar-refractivity contribution in [1.29, 1.82) is 0 Å². The second-order valence-electron chi connectivity index (χ2n) is 5.82. The molecule has 0 fully saturated rings. The summed E-state index contributed by atoms with van der Waals surface area (Å²) in [6.45, 7) is 2.22. The fraction of sp³-hybridized carbons (Fsp3) is 0.882. The second-order valence-corrected chi connectivity index (χ2v) is 6.80. The monoisotopic (exact) mass is 331 g/mol. The number of carbonyl (C=O) groups excluding carboxylic acids is 1. The van der Waals surface area contributed by atoms with Gasteiger partial charge in [-0.25, -0.2) is 4.79 Å². The van der Waals surface area contributed by atoms with Crippen molar-refractivity contribution in [2.24, 2.45) is 0 Å². The van der Waals surface area contributed by atoms with Crippen molar-refractivity contribution in [3.63, 3.8) is 0 Å². The summed E-state index contributed by atoms with van der Waals surface area (Å²) in [6, 6.07) is -0.737. The van der Waals surface area contributed by atoms with Crippen LogP contribution in [0.1, 0.15) is 77.6 Å². The summed E-state index contributed by atoms with van der Waals surface area (Å²) >= 11 is 1.59. The zero-order valence-electron chi connectivity index (χ0n) is 14.2. The zero-order chi connectivity index (χ0) is 16.6. The van der Waals surface area contributed by atoms with E-state index in [0.29, 0.717) is 12.8 Å². The molecule has 0 aromatic carbocycles. The molecule has 0 heterocycles. The Bertz CT molecular complexity index is 298. The van der Waals surface area contributed by atoms with E-state index < -0.39 is 12.0 Å². The highest BCUT2D eigenvalue weighted by atomic mass is 32.2. The lowest BCUT2D eigenvalue weighted by atomic mass is 10.1. The van der Waals surface area contributed by atoms with Gasteiger partial charge in [0.1, 0.15) is 6.04 Å². The predicted molar refractivity (Wildman–Crippen MR) is 94.4 cm³/mol. The molecule has 1 atom stereocenters. The quantitative estimate of drug-likeness (QED) is 0.441. The number of amides is 1. The first kappa shape index (κ1) is 21.3. The fourth-order valence-corrected chi connectivity index (χ4v) is 2.83. The third kappa shape index (κ3) is 13.0. The van der Waals surface area contributed by atoms with Gasteiger partial charge in [-0.1, -0.05) is 58.3 Å². The van der Waals surface area contributed by atoms with Gasteiger partial charge in [0.2, 0.25) is 5.91 Å². The van der Waals surface area contributed by atoms with Crippen LogP contribution < -0.4 is 5.32 Å². The van der Waals surface area contributed by atoms with Crippen LogP contribution in [-0.2, 0) is 9.59 Å². The molecule has 4 nitrogen and oxygen atoms in total. The standard InChI is InChI=1S/C17H33NO3S/c1-3-4-5-6-7-8-9-10-11-12-16(19)18-15(17(20)21)13-14-22-2/h15H,3-14H2,1-2H3,(H,18,19)(H,20,21)/t15-/m1/s1. The molecule has 5 heteroatoms. The predicted octanol–water partition coefficient (Wildman–Crippen LogP) is 4.23. The van der Waals surface area contributed by atoms with E-state index in [1.54, 1.807) is 11.8 Å². The van der Waals surface area contributed by atoms with Crippen LogP contribution in [0.25, 0.3) is 0 Å². The van der Waals surface area contributed by atoms with Crippen LogP contribution in [0.4, 0.5) is 0 Å². The number of nitrogens with one attached hydrogen (secondary N) is 1. The number of unbranched alkanes of at least 4 members (excludes halogenated alkanes) is 8. The van der Waals surface area contributed by atoms with Crippen LogP contribution in [0, 0.1) is 0 Å². The molecule has 0 aromatic heterocycles. The highest BCUT2D eigenvalue weighted by Gasteiger charge is 2.18. The molecule has 0 bridgehead atoms. The lowest BCUT2D eigenvalue weighted by molar-refractivity contribution is -0.141. The Hall–Kier alpha value is -0.710. The van der Waals surface area contributed by atoms with Gasteiger partial charge in [-0.05, 0) is 24.9 Å². The van der Waals surface area contributed by atoms with Crippen LogP contribution >= 0.6 is 11.8 Å². The fourth-order valence-electron chi connectivity index (χ4n) is 2.36. The summed E-state index contributed by atoms with van der Waals surface area (Å²) in [6.07, 6.45) is 13.8. The van der Waals surface area contributed by atoms with Crippen molar-refractivity contribution in [3.8, 4) is 0 Å². The van der Waals surface area contributed by atoms with Crippen LogP contribution in [0.5, 0.6) is 0 Å². The van der Waals surface area contributed by atoms with Gasteiger partial charge in [-0.2, -0.15) is 11.8 Å². The van der Waals surface area contributed by atoms with Gasteiger partial charge in [-0.15, -0.1) is 0 Å². The number of hydrogen-bond acceptors (Lipinski definition) is 3. The molecule has 2 N–H and O–H groups in total. The molecule has 0 spiro atoms. The molecule has 0 aliphatic heterocycles. The van der Waals surface area contributed by atoms with E-state index in [-0.39, 0.29) is 5.91 Å². The Balaban J connectivity index is 3.57. The van der Waals surface area contributed by atoms with E-state index in [2.05, 4.69) is 12.2 Å². The second kappa shape index (κ2) is 15.2. The molecule has 0 rings (SSSR count). The molecular formula is C17H33NO3S. The number of carboxylic acid groups (broad SMARTS) is 1. The first-order valence-electron chi connectivity index (χ1n) is 8.63.